The van der Waals surface area contributed by atoms with Crippen molar-refractivity contribution >= 4 is 59.8 Å². The lowest BCUT2D eigenvalue weighted by Gasteiger charge is -2.23. The number of hydrogen-bond acceptors (Lipinski definition) is 8. The number of halogens is 1. The van der Waals surface area contributed by atoms with Crippen LogP contribution in [0.5, 0.6) is 5.75 Å². The first-order valence-corrected chi connectivity index (χ1v) is 16.1. The molecule has 0 atom stereocenters. The van der Waals surface area contributed by atoms with E-state index in [-0.39, 0.29) is 41.5 Å². The molecular formula is C28H30ClN5O6S2. The summed E-state index contributed by atoms with van der Waals surface area (Å²) in [5.74, 6) is -0.0898. The molecule has 0 saturated heterocycles. The van der Waals surface area contributed by atoms with Crippen LogP contribution in [0.3, 0.4) is 0 Å². The molecule has 14 heteroatoms. The molecule has 4 aromatic rings. The predicted molar refractivity (Wildman–Crippen MR) is 163 cm³/mol. The highest BCUT2D eigenvalue weighted by Crippen LogP contribution is 2.27. The Kier molecular flexibility index (Phi) is 9.69. The Bertz CT molecular complexity index is 1820. The van der Waals surface area contributed by atoms with E-state index in [4.69, 9.17) is 21.5 Å². The largest absolute Gasteiger partial charge is 0.497 e. The number of benzene rings is 3. The molecule has 0 spiro atoms. The number of aryl methyl sites for hydroxylation is 1. The van der Waals surface area contributed by atoms with Crippen molar-refractivity contribution in [3.8, 4) is 5.75 Å². The first-order chi connectivity index (χ1) is 19.9. The maximum atomic E-state index is 13.6. The zero-order valence-electron chi connectivity index (χ0n) is 22.9. The van der Waals surface area contributed by atoms with Gasteiger partial charge >= 0.3 is 0 Å². The molecule has 42 heavy (non-hydrogen) atoms. The molecule has 1 aromatic heterocycles. The monoisotopic (exact) mass is 631 g/mol. The number of methoxy groups -OCH3 is 1. The van der Waals surface area contributed by atoms with Gasteiger partial charge in [0.25, 0.3) is 0 Å². The number of ether oxygens (including phenoxy) is 1. The van der Waals surface area contributed by atoms with Crippen molar-refractivity contribution in [3.63, 3.8) is 0 Å². The molecule has 0 bridgehead atoms. The second kappa shape index (κ2) is 13.0. The van der Waals surface area contributed by atoms with Gasteiger partial charge in [-0.15, -0.1) is 0 Å². The van der Waals surface area contributed by atoms with Gasteiger partial charge in [0.15, 0.2) is 0 Å². The van der Waals surface area contributed by atoms with Gasteiger partial charge < -0.3 is 15.4 Å². The summed E-state index contributed by atoms with van der Waals surface area (Å²) in [5, 5.41) is 12.4. The van der Waals surface area contributed by atoms with Crippen LogP contribution >= 0.6 is 11.6 Å². The summed E-state index contributed by atoms with van der Waals surface area (Å²) < 4.78 is 57.4. The number of carbonyl (C=O) groups is 1. The molecule has 11 nitrogen and oxygen atoms in total. The van der Waals surface area contributed by atoms with Crippen molar-refractivity contribution < 1.29 is 26.4 Å². The second-order valence-corrected chi connectivity index (χ2v) is 13.2. The van der Waals surface area contributed by atoms with Crippen LogP contribution in [0.15, 0.2) is 82.6 Å². The van der Waals surface area contributed by atoms with Crippen molar-refractivity contribution in [3.05, 3.63) is 83.5 Å². The van der Waals surface area contributed by atoms with Gasteiger partial charge in [-0.2, -0.15) is 4.31 Å². The van der Waals surface area contributed by atoms with E-state index < -0.39 is 26.0 Å². The van der Waals surface area contributed by atoms with Gasteiger partial charge in [0, 0.05) is 47.8 Å². The highest BCUT2D eigenvalue weighted by atomic mass is 35.5. The van der Waals surface area contributed by atoms with Crippen LogP contribution in [0.1, 0.15) is 12.1 Å². The van der Waals surface area contributed by atoms with E-state index >= 15 is 0 Å². The van der Waals surface area contributed by atoms with Crippen molar-refractivity contribution in [1.82, 2.24) is 9.29 Å². The summed E-state index contributed by atoms with van der Waals surface area (Å²) >= 11 is 6.20. The number of sulfonamides is 2. The first kappa shape index (κ1) is 31.2. The molecule has 4 rings (SSSR count). The summed E-state index contributed by atoms with van der Waals surface area (Å²) in [5.41, 5.74) is 2.25. The van der Waals surface area contributed by atoms with E-state index in [1.54, 1.807) is 18.2 Å². The van der Waals surface area contributed by atoms with E-state index in [2.05, 4.69) is 15.6 Å². The number of primary sulfonamides is 1. The molecule has 0 fully saturated rings. The number of anilines is 2. The quantitative estimate of drug-likeness (QED) is 0.212. The molecule has 222 valence electrons. The third-order valence-corrected chi connectivity index (χ3v) is 9.45. The fourth-order valence-corrected chi connectivity index (χ4v) is 6.61. The van der Waals surface area contributed by atoms with Crippen LogP contribution < -0.4 is 20.5 Å². The van der Waals surface area contributed by atoms with Gasteiger partial charge in [0.1, 0.15) is 10.6 Å². The Balaban J connectivity index is 1.54. The topological polar surface area (TPSA) is 161 Å². The van der Waals surface area contributed by atoms with E-state index in [1.807, 2.05) is 19.1 Å². The smallest absolute Gasteiger partial charge is 0.243 e. The first-order valence-electron chi connectivity index (χ1n) is 12.7. The molecule has 3 aromatic carbocycles. The van der Waals surface area contributed by atoms with Gasteiger partial charge in [-0.3, -0.25) is 9.78 Å². The Morgan fingerprint density at radius 2 is 1.69 bits per heavy atom. The lowest BCUT2D eigenvalue weighted by atomic mass is 10.1. The number of carbonyl (C=O) groups excluding carboxylic acids is 1. The number of nitrogens with two attached hydrogens (primary N) is 1. The lowest BCUT2D eigenvalue weighted by molar-refractivity contribution is -0.116. The highest BCUT2D eigenvalue weighted by Gasteiger charge is 2.25. The summed E-state index contributed by atoms with van der Waals surface area (Å²) in [6.07, 6.45) is -0.249. The van der Waals surface area contributed by atoms with E-state index in [1.165, 1.54) is 53.9 Å². The minimum Gasteiger partial charge on any atom is -0.497 e. The highest BCUT2D eigenvalue weighted by molar-refractivity contribution is 7.89. The Morgan fingerprint density at radius 1 is 0.976 bits per heavy atom. The number of para-hydroxylation sites is 1. The van der Waals surface area contributed by atoms with E-state index in [0.717, 1.165) is 22.3 Å². The van der Waals surface area contributed by atoms with Crippen LogP contribution in [0, 0.1) is 6.92 Å². The summed E-state index contributed by atoms with van der Waals surface area (Å²) in [4.78, 5) is 17.1. The number of rotatable bonds is 12. The van der Waals surface area contributed by atoms with Crippen LogP contribution in [0.2, 0.25) is 5.02 Å². The second-order valence-electron chi connectivity index (χ2n) is 9.32. The number of amides is 1. The molecule has 0 aliphatic carbocycles. The minimum absolute atomic E-state index is 0.00910. The normalized spacial score (nSPS) is 11.9. The van der Waals surface area contributed by atoms with Crippen molar-refractivity contribution in [2.24, 2.45) is 5.14 Å². The Labute approximate surface area is 249 Å². The SMILES string of the molecule is COc1ccc(S(=O)(=O)N(CCNc2cc(C)nc3ccc(Cl)cc23)CCC(=O)Nc2ccccc2S(N)(=O)=O)cc1. The molecule has 0 aliphatic heterocycles. The van der Waals surface area contributed by atoms with Crippen LogP contribution in [0.4, 0.5) is 11.4 Å². The average molecular weight is 632 g/mol. The molecule has 0 radical (unpaired) electrons. The molecule has 0 unspecified atom stereocenters. The lowest BCUT2D eigenvalue weighted by Crippen LogP contribution is -2.37. The standard InChI is InChI=1S/C28H30ClN5O6S2/c1-19-17-26(23-18-20(29)7-12-24(23)32-19)31-14-16-34(42(38,39)22-10-8-21(40-2)9-11-22)15-13-28(35)33-25-5-3-4-6-27(25)41(30,36)37/h3-12,17-18H,13-16H2,1-2H3,(H,31,32)(H,33,35)(H2,30,36,37). The van der Waals surface area contributed by atoms with Crippen molar-refractivity contribution in [1.29, 1.82) is 0 Å². The molecule has 0 saturated carbocycles. The number of pyridine rings is 1. The summed E-state index contributed by atoms with van der Waals surface area (Å²) in [6.45, 7) is 1.89. The zero-order valence-corrected chi connectivity index (χ0v) is 25.3. The van der Waals surface area contributed by atoms with E-state index in [9.17, 15) is 21.6 Å². The van der Waals surface area contributed by atoms with Gasteiger partial charge in [-0.1, -0.05) is 23.7 Å². The number of hydrogen-bond donors (Lipinski definition) is 3. The molecule has 4 N–H and O–H groups in total. The summed E-state index contributed by atoms with van der Waals surface area (Å²) in [6, 6.07) is 18.8. The van der Waals surface area contributed by atoms with Gasteiger partial charge in [-0.25, -0.2) is 22.0 Å². The number of nitrogens with one attached hydrogen (secondary N) is 2. The fourth-order valence-electron chi connectivity index (χ4n) is 4.30. The molecule has 1 heterocycles. The average Bonchev–Trinajstić information content (AvgIpc) is 2.94. The summed E-state index contributed by atoms with van der Waals surface area (Å²) in [7, 11) is -6.64. The zero-order chi connectivity index (χ0) is 30.5. The maximum Gasteiger partial charge on any atom is 0.243 e. The predicted octanol–water partition coefficient (Wildman–Crippen LogP) is 3.98. The van der Waals surface area contributed by atoms with Crippen LogP contribution in [0.25, 0.3) is 10.9 Å². The van der Waals surface area contributed by atoms with Gasteiger partial charge in [0.2, 0.25) is 26.0 Å². The number of fused-ring (bicyclic) bond motifs is 1. The van der Waals surface area contributed by atoms with E-state index in [0.29, 0.717) is 10.8 Å². The molecular weight excluding hydrogens is 602 g/mol. The Hall–Kier alpha value is -3.75. The Morgan fingerprint density at radius 3 is 2.38 bits per heavy atom. The number of nitrogens with zero attached hydrogens (tertiary/aromatic N) is 2. The maximum absolute atomic E-state index is 13.6. The van der Waals surface area contributed by atoms with Crippen LogP contribution in [-0.4, -0.2) is 58.8 Å². The molecule has 0 aliphatic rings. The minimum atomic E-state index is -4.09. The third kappa shape index (κ3) is 7.55. The van der Waals surface area contributed by atoms with Gasteiger partial charge in [0.05, 0.1) is 23.2 Å². The number of aromatic nitrogens is 1. The third-order valence-electron chi connectivity index (χ3n) is 6.33. The fraction of sp³-hybridized carbons (Fsp3) is 0.214. The van der Waals surface area contributed by atoms with Gasteiger partial charge in [-0.05, 0) is 67.6 Å². The van der Waals surface area contributed by atoms with Crippen molar-refractivity contribution in [2.75, 3.05) is 37.4 Å². The van der Waals surface area contributed by atoms with Crippen molar-refractivity contribution in [2.45, 2.75) is 23.1 Å². The molecule has 1 amide bonds. The van der Waals surface area contributed by atoms with Crippen LogP contribution in [-0.2, 0) is 24.8 Å².